The number of ether oxygens (including phenoxy) is 3. The van der Waals surface area contributed by atoms with Crippen LogP contribution in [0.3, 0.4) is 0 Å². The summed E-state index contributed by atoms with van der Waals surface area (Å²) in [5, 5.41) is 3.54. The van der Waals surface area contributed by atoms with Gasteiger partial charge in [0, 0.05) is 24.8 Å². The summed E-state index contributed by atoms with van der Waals surface area (Å²) in [5.74, 6) is -0.903. The molecule has 0 saturated carbocycles. The fourth-order valence-corrected chi connectivity index (χ4v) is 8.40. The molecule has 3 aromatic rings. The van der Waals surface area contributed by atoms with Gasteiger partial charge in [0.1, 0.15) is 5.60 Å². The van der Waals surface area contributed by atoms with Crippen molar-refractivity contribution < 1.29 is 32.2 Å². The first-order chi connectivity index (χ1) is 20.3. The van der Waals surface area contributed by atoms with E-state index in [0.717, 1.165) is 27.3 Å². The van der Waals surface area contributed by atoms with E-state index >= 15 is 0 Å². The zero-order chi connectivity index (χ0) is 31.4. The van der Waals surface area contributed by atoms with Crippen molar-refractivity contribution in [1.29, 1.82) is 0 Å². The molecule has 0 atom stereocenters. The SMILES string of the molecule is COC(=O)c1sc(-c2cccc(NC3CCN(S(=O)(=O)Cc4ccccc4C)CC3)c2)c(Br)c1OCC(=O)OC(C)(C)C. The Morgan fingerprint density at radius 2 is 1.79 bits per heavy atom. The Hall–Kier alpha value is -2.93. The highest BCUT2D eigenvalue weighted by molar-refractivity contribution is 9.10. The van der Waals surface area contributed by atoms with Crippen LogP contribution in [0, 0.1) is 6.92 Å². The fourth-order valence-electron chi connectivity index (χ4n) is 4.76. The maximum absolute atomic E-state index is 13.1. The lowest BCUT2D eigenvalue weighted by atomic mass is 10.1. The van der Waals surface area contributed by atoms with Crippen molar-refractivity contribution in [2.45, 2.75) is 57.9 Å². The van der Waals surface area contributed by atoms with Crippen LogP contribution in [0.15, 0.2) is 53.0 Å². The molecule has 2 heterocycles. The summed E-state index contributed by atoms with van der Waals surface area (Å²) < 4.78 is 44.3. The molecule has 12 heteroatoms. The number of rotatable bonds is 10. The number of nitrogens with one attached hydrogen (secondary N) is 1. The number of hydrogen-bond donors (Lipinski definition) is 1. The largest absolute Gasteiger partial charge is 0.479 e. The normalized spacial score (nSPS) is 14.7. The highest BCUT2D eigenvalue weighted by atomic mass is 79.9. The molecule has 0 amide bonds. The Bertz CT molecular complexity index is 1570. The summed E-state index contributed by atoms with van der Waals surface area (Å²) in [6.07, 6.45) is 1.35. The lowest BCUT2D eigenvalue weighted by Gasteiger charge is -2.32. The van der Waals surface area contributed by atoms with E-state index in [0.29, 0.717) is 30.4 Å². The second-order valence-electron chi connectivity index (χ2n) is 11.4. The maximum atomic E-state index is 13.1. The number of nitrogens with zero attached hydrogens (tertiary/aromatic N) is 1. The van der Waals surface area contributed by atoms with E-state index in [1.165, 1.54) is 18.4 Å². The molecule has 1 aliphatic rings. The van der Waals surface area contributed by atoms with E-state index in [1.807, 2.05) is 55.5 Å². The van der Waals surface area contributed by atoms with Crippen LogP contribution in [0.5, 0.6) is 5.75 Å². The first kappa shape index (κ1) is 33.0. The Balaban J connectivity index is 1.44. The number of carbonyl (C=O) groups excluding carboxylic acids is 2. The minimum atomic E-state index is -3.41. The maximum Gasteiger partial charge on any atom is 0.351 e. The third-order valence-corrected chi connectivity index (χ3v) is 10.9. The van der Waals surface area contributed by atoms with Crippen molar-refractivity contribution in [1.82, 2.24) is 4.31 Å². The number of methoxy groups -OCH3 is 1. The van der Waals surface area contributed by atoms with E-state index < -0.39 is 27.6 Å². The number of anilines is 1. The average molecular weight is 694 g/mol. The van der Waals surface area contributed by atoms with Gasteiger partial charge in [0.15, 0.2) is 17.2 Å². The molecule has 4 rings (SSSR count). The third-order valence-electron chi connectivity index (χ3n) is 6.88. The first-order valence-electron chi connectivity index (χ1n) is 13.9. The minimum Gasteiger partial charge on any atom is -0.479 e. The van der Waals surface area contributed by atoms with E-state index in [1.54, 1.807) is 25.1 Å². The fraction of sp³-hybridized carbons (Fsp3) is 0.419. The van der Waals surface area contributed by atoms with Crippen molar-refractivity contribution in [2.75, 3.05) is 32.1 Å². The smallest absolute Gasteiger partial charge is 0.351 e. The summed E-state index contributed by atoms with van der Waals surface area (Å²) in [6, 6.07) is 15.4. The van der Waals surface area contributed by atoms with E-state index in [-0.39, 0.29) is 29.0 Å². The number of aryl methyl sites for hydroxylation is 1. The van der Waals surface area contributed by atoms with Crippen LogP contribution in [0.2, 0.25) is 0 Å². The van der Waals surface area contributed by atoms with Crippen molar-refractivity contribution in [3.8, 4) is 16.2 Å². The van der Waals surface area contributed by atoms with Gasteiger partial charge in [0.2, 0.25) is 10.0 Å². The monoisotopic (exact) mass is 692 g/mol. The van der Waals surface area contributed by atoms with Crippen LogP contribution in [0.25, 0.3) is 10.4 Å². The highest BCUT2D eigenvalue weighted by Crippen LogP contribution is 2.46. The molecule has 0 unspecified atom stereocenters. The van der Waals surface area contributed by atoms with E-state index in [9.17, 15) is 18.0 Å². The molecule has 0 bridgehead atoms. The molecule has 0 radical (unpaired) electrons. The van der Waals surface area contributed by atoms with Gasteiger partial charge in [0.25, 0.3) is 0 Å². The number of esters is 2. The molecule has 43 heavy (non-hydrogen) atoms. The summed E-state index contributed by atoms with van der Waals surface area (Å²) in [4.78, 5) is 25.8. The molecule has 1 saturated heterocycles. The number of carbonyl (C=O) groups is 2. The summed E-state index contributed by atoms with van der Waals surface area (Å²) in [5.41, 5.74) is 2.84. The van der Waals surface area contributed by atoms with Crippen molar-refractivity contribution >= 4 is 54.9 Å². The molecular formula is C31H37BrN2O7S2. The Labute approximate surface area is 265 Å². The number of benzene rings is 2. The van der Waals surface area contributed by atoms with E-state index in [2.05, 4.69) is 21.2 Å². The van der Waals surface area contributed by atoms with Gasteiger partial charge in [-0.05, 0) is 85.3 Å². The average Bonchev–Trinajstić information content (AvgIpc) is 3.28. The van der Waals surface area contributed by atoms with Crippen LogP contribution in [0.4, 0.5) is 5.69 Å². The molecule has 1 N–H and O–H groups in total. The van der Waals surface area contributed by atoms with Crippen molar-refractivity contribution in [3.05, 3.63) is 69.0 Å². The molecule has 2 aromatic carbocycles. The lowest BCUT2D eigenvalue weighted by Crippen LogP contribution is -2.42. The van der Waals surface area contributed by atoms with Crippen LogP contribution >= 0.6 is 27.3 Å². The predicted molar refractivity (Wildman–Crippen MR) is 172 cm³/mol. The van der Waals surface area contributed by atoms with E-state index in [4.69, 9.17) is 14.2 Å². The zero-order valence-corrected chi connectivity index (χ0v) is 28.2. The quantitative estimate of drug-likeness (QED) is 0.243. The van der Waals surface area contributed by atoms with Crippen LogP contribution < -0.4 is 10.1 Å². The van der Waals surface area contributed by atoms with Crippen LogP contribution in [-0.2, 0) is 30.0 Å². The standard InChI is InChI=1S/C31H37BrN2O7S2/c1-20-9-6-7-10-22(20)19-43(37,38)34-15-13-23(14-16-34)33-24-12-8-11-21(17-24)28-26(32)27(29(42-28)30(36)39-5)40-18-25(35)41-31(2,3)4/h6-12,17,23,33H,13-16,18-19H2,1-5H3. The van der Waals surface area contributed by atoms with Crippen LogP contribution in [-0.4, -0.2) is 63.1 Å². The molecule has 1 fully saturated rings. The highest BCUT2D eigenvalue weighted by Gasteiger charge is 2.29. The topological polar surface area (TPSA) is 111 Å². The third kappa shape index (κ3) is 8.59. The number of sulfonamides is 1. The van der Waals surface area contributed by atoms with Gasteiger partial charge in [-0.3, -0.25) is 0 Å². The zero-order valence-electron chi connectivity index (χ0n) is 24.9. The number of thiophene rings is 1. The second kappa shape index (κ2) is 13.8. The number of piperidine rings is 1. The Morgan fingerprint density at radius 1 is 1.09 bits per heavy atom. The molecule has 0 aliphatic carbocycles. The van der Waals surface area contributed by atoms with Crippen LogP contribution in [0.1, 0.15) is 54.4 Å². The van der Waals surface area contributed by atoms with Gasteiger partial charge in [-0.15, -0.1) is 11.3 Å². The molecule has 1 aromatic heterocycles. The van der Waals surface area contributed by atoms with Gasteiger partial charge in [-0.25, -0.2) is 22.3 Å². The molecule has 1 aliphatic heterocycles. The molecule has 9 nitrogen and oxygen atoms in total. The first-order valence-corrected chi connectivity index (χ1v) is 17.1. The molecule has 0 spiro atoms. The summed E-state index contributed by atoms with van der Waals surface area (Å²) in [7, 11) is -2.12. The molecule has 232 valence electrons. The summed E-state index contributed by atoms with van der Waals surface area (Å²) >= 11 is 4.76. The summed E-state index contributed by atoms with van der Waals surface area (Å²) in [6.45, 7) is 7.76. The van der Waals surface area contributed by atoms with Gasteiger partial charge in [-0.2, -0.15) is 0 Å². The lowest BCUT2D eigenvalue weighted by molar-refractivity contribution is -0.157. The molecular weight excluding hydrogens is 656 g/mol. The Morgan fingerprint density at radius 3 is 2.44 bits per heavy atom. The number of hydrogen-bond acceptors (Lipinski definition) is 9. The minimum absolute atomic E-state index is 0.00649. The number of halogens is 1. The van der Waals surface area contributed by atoms with Gasteiger partial charge in [-0.1, -0.05) is 36.4 Å². The van der Waals surface area contributed by atoms with Crippen molar-refractivity contribution in [2.24, 2.45) is 0 Å². The Kier molecular flexibility index (Phi) is 10.6. The van der Waals surface area contributed by atoms with Gasteiger partial charge in [0.05, 0.1) is 22.2 Å². The van der Waals surface area contributed by atoms with Gasteiger partial charge < -0.3 is 19.5 Å². The predicted octanol–water partition coefficient (Wildman–Crippen LogP) is 6.40. The van der Waals surface area contributed by atoms with Gasteiger partial charge >= 0.3 is 11.9 Å². The second-order valence-corrected chi connectivity index (χ2v) is 15.1. The van der Waals surface area contributed by atoms with Crippen molar-refractivity contribution in [3.63, 3.8) is 0 Å².